The molecule has 3 aromatic rings. The maximum atomic E-state index is 13.5. The van der Waals surface area contributed by atoms with Gasteiger partial charge in [-0.2, -0.15) is 0 Å². The summed E-state index contributed by atoms with van der Waals surface area (Å²) in [7, 11) is 0. The molecule has 2 aliphatic heterocycles. The van der Waals surface area contributed by atoms with Crippen LogP contribution in [0.25, 0.3) is 11.2 Å². The second-order valence-electron chi connectivity index (χ2n) is 11.5. The number of nitrogens with zero attached hydrogens (tertiary/aromatic N) is 6. The van der Waals surface area contributed by atoms with Crippen molar-refractivity contribution in [3.05, 3.63) is 63.0 Å². The van der Waals surface area contributed by atoms with Gasteiger partial charge in [-0.3, -0.25) is 28.6 Å². The van der Waals surface area contributed by atoms with Crippen molar-refractivity contribution in [3.8, 4) is 0 Å². The molecule has 4 amide bonds. The number of halogens is 2. The van der Waals surface area contributed by atoms with Crippen molar-refractivity contribution in [2.75, 3.05) is 37.6 Å². The van der Waals surface area contributed by atoms with Crippen LogP contribution >= 0.6 is 11.6 Å². The number of fused-ring (bicyclic) bond motifs is 1. The minimum Gasteiger partial charge on any atom is -0.459 e. The molecule has 0 aliphatic carbocycles. The molecular formula is C29H31ClFN7O6. The third-order valence-corrected chi connectivity index (χ3v) is 7.24. The van der Waals surface area contributed by atoms with Gasteiger partial charge < -0.3 is 19.9 Å². The molecule has 2 aromatic heterocycles. The molecule has 15 heteroatoms. The number of benzene rings is 1. The zero-order valence-corrected chi connectivity index (χ0v) is 25.1. The maximum Gasteiger partial charge on any atom is 0.326 e. The molecule has 232 valence electrons. The number of hydrogen-bond acceptors (Lipinski definition) is 8. The molecule has 13 nitrogen and oxygen atoms in total. The second-order valence-corrected chi connectivity index (χ2v) is 12.0. The van der Waals surface area contributed by atoms with Gasteiger partial charge in [0.25, 0.3) is 11.5 Å². The van der Waals surface area contributed by atoms with Crippen molar-refractivity contribution in [2.24, 2.45) is 0 Å². The van der Waals surface area contributed by atoms with Crippen LogP contribution in [-0.2, 0) is 27.4 Å². The molecule has 2 saturated heterocycles. The number of likely N-dealkylation sites (tertiary alicyclic amines) is 1. The van der Waals surface area contributed by atoms with Crippen LogP contribution < -0.4 is 15.8 Å². The molecule has 0 saturated carbocycles. The Kier molecular flexibility index (Phi) is 8.55. The summed E-state index contributed by atoms with van der Waals surface area (Å²) in [4.78, 5) is 77.7. The SMILES string of the molecule is CC(C)(C)OC(=O)CN1CCN(c2cnc3c(cc(C(=O)NCc4ccc(Cl)cc4)c(=O)n3CC(=O)N3CC(F)C3)n2)C1=O. The summed E-state index contributed by atoms with van der Waals surface area (Å²) in [5, 5.41) is 3.21. The van der Waals surface area contributed by atoms with Crippen LogP contribution in [0.2, 0.25) is 5.02 Å². The Labute approximate surface area is 256 Å². The summed E-state index contributed by atoms with van der Waals surface area (Å²) in [6.07, 6.45) is 0.145. The number of urea groups is 1. The predicted octanol–water partition coefficient (Wildman–Crippen LogP) is 2.14. The van der Waals surface area contributed by atoms with Crippen LogP contribution in [0.1, 0.15) is 36.7 Å². The third kappa shape index (κ3) is 6.80. The van der Waals surface area contributed by atoms with E-state index < -0.39 is 47.7 Å². The normalized spacial score (nSPS) is 15.5. The number of aromatic nitrogens is 3. The number of alkyl halides is 1. The molecule has 2 aliphatic rings. The fourth-order valence-electron chi connectivity index (χ4n) is 4.79. The lowest BCUT2D eigenvalue weighted by atomic mass is 10.2. The quantitative estimate of drug-likeness (QED) is 0.374. The standard InChI is InChI=1S/C29H31ClFN7O6/c1-29(2,3)44-24(40)16-35-8-9-37(28(35)43)22-12-32-25-21(34-22)10-20(26(41)33-11-17-4-6-18(30)7-5-17)27(42)38(25)15-23(39)36-13-19(31)14-36/h4-7,10,12,19H,8-9,11,13-16H2,1-3H3,(H,33,41). The molecular weight excluding hydrogens is 597 g/mol. The summed E-state index contributed by atoms with van der Waals surface area (Å²) in [5.74, 6) is -1.66. The van der Waals surface area contributed by atoms with Crippen LogP contribution in [0.3, 0.4) is 0 Å². The van der Waals surface area contributed by atoms with Crippen LogP contribution in [0.5, 0.6) is 0 Å². The molecule has 2 fully saturated rings. The van der Waals surface area contributed by atoms with E-state index in [1.807, 2.05) is 0 Å². The van der Waals surface area contributed by atoms with Gasteiger partial charge in [0, 0.05) is 24.7 Å². The summed E-state index contributed by atoms with van der Waals surface area (Å²) < 4.78 is 19.7. The first-order chi connectivity index (χ1) is 20.8. The van der Waals surface area contributed by atoms with E-state index in [0.29, 0.717) is 5.02 Å². The monoisotopic (exact) mass is 627 g/mol. The number of amides is 4. The molecule has 1 aromatic carbocycles. The van der Waals surface area contributed by atoms with Crippen molar-refractivity contribution in [3.63, 3.8) is 0 Å². The number of carbonyl (C=O) groups is 4. The van der Waals surface area contributed by atoms with Gasteiger partial charge in [-0.05, 0) is 44.5 Å². The first-order valence-electron chi connectivity index (χ1n) is 13.9. The first kappa shape index (κ1) is 30.9. The number of esters is 1. The maximum absolute atomic E-state index is 13.5. The highest BCUT2D eigenvalue weighted by Crippen LogP contribution is 2.22. The number of ether oxygens (including phenoxy) is 1. The summed E-state index contributed by atoms with van der Waals surface area (Å²) in [5.41, 5.74) is -0.949. The van der Waals surface area contributed by atoms with Crippen LogP contribution in [-0.4, -0.2) is 92.6 Å². The van der Waals surface area contributed by atoms with E-state index in [1.54, 1.807) is 45.0 Å². The Morgan fingerprint density at radius 1 is 1.09 bits per heavy atom. The predicted molar refractivity (Wildman–Crippen MR) is 158 cm³/mol. The summed E-state index contributed by atoms with van der Waals surface area (Å²) >= 11 is 5.93. The van der Waals surface area contributed by atoms with E-state index in [2.05, 4.69) is 15.3 Å². The molecule has 1 N–H and O–H groups in total. The highest BCUT2D eigenvalue weighted by Gasteiger charge is 2.34. The van der Waals surface area contributed by atoms with E-state index in [0.717, 1.165) is 10.1 Å². The fraction of sp³-hybridized carbons (Fsp3) is 0.414. The number of pyridine rings is 1. The highest BCUT2D eigenvalue weighted by atomic mass is 35.5. The largest absolute Gasteiger partial charge is 0.459 e. The summed E-state index contributed by atoms with van der Waals surface area (Å²) in [6.45, 7) is 4.82. The van der Waals surface area contributed by atoms with Crippen molar-refractivity contribution < 1.29 is 28.3 Å². The molecule has 0 radical (unpaired) electrons. The van der Waals surface area contributed by atoms with Gasteiger partial charge in [-0.1, -0.05) is 23.7 Å². The Bertz CT molecular complexity index is 1680. The molecule has 5 rings (SSSR count). The number of hydrogen-bond donors (Lipinski definition) is 1. The summed E-state index contributed by atoms with van der Waals surface area (Å²) in [6, 6.07) is 7.55. The van der Waals surface area contributed by atoms with E-state index in [1.165, 1.54) is 27.0 Å². The smallest absolute Gasteiger partial charge is 0.326 e. The van der Waals surface area contributed by atoms with Crippen molar-refractivity contribution in [1.29, 1.82) is 0 Å². The average molecular weight is 628 g/mol. The average Bonchev–Trinajstić information content (AvgIpc) is 3.30. The lowest BCUT2D eigenvalue weighted by Gasteiger charge is -2.34. The van der Waals surface area contributed by atoms with Crippen LogP contribution in [0, 0.1) is 0 Å². The number of anilines is 1. The molecule has 0 bridgehead atoms. The molecule has 4 heterocycles. The number of nitrogens with one attached hydrogen (secondary N) is 1. The molecule has 44 heavy (non-hydrogen) atoms. The van der Waals surface area contributed by atoms with E-state index in [4.69, 9.17) is 16.3 Å². The van der Waals surface area contributed by atoms with Gasteiger partial charge in [0.15, 0.2) is 11.5 Å². The second kappa shape index (κ2) is 12.2. The fourth-order valence-corrected chi connectivity index (χ4v) is 4.91. The van der Waals surface area contributed by atoms with Gasteiger partial charge in [0.1, 0.15) is 35.9 Å². The lowest BCUT2D eigenvalue weighted by molar-refractivity contribution is -0.155. The van der Waals surface area contributed by atoms with Gasteiger partial charge in [0.05, 0.1) is 19.3 Å². The number of carbonyl (C=O) groups excluding carboxylic acids is 4. The zero-order chi connectivity index (χ0) is 31.8. The number of rotatable bonds is 8. The Hall–Kier alpha value is -4.59. The van der Waals surface area contributed by atoms with E-state index in [9.17, 15) is 28.4 Å². The van der Waals surface area contributed by atoms with Gasteiger partial charge in [0.2, 0.25) is 5.91 Å². The molecule has 0 spiro atoms. The van der Waals surface area contributed by atoms with Crippen molar-refractivity contribution in [1.82, 2.24) is 29.7 Å². The zero-order valence-electron chi connectivity index (χ0n) is 24.4. The van der Waals surface area contributed by atoms with Crippen LogP contribution in [0.15, 0.2) is 41.3 Å². The topological polar surface area (TPSA) is 147 Å². The first-order valence-corrected chi connectivity index (χ1v) is 14.3. The Balaban J connectivity index is 1.44. The Morgan fingerprint density at radius 2 is 1.80 bits per heavy atom. The lowest BCUT2D eigenvalue weighted by Crippen LogP contribution is -2.53. The molecule has 0 atom stereocenters. The molecule has 0 unspecified atom stereocenters. The Morgan fingerprint density at radius 3 is 2.45 bits per heavy atom. The van der Waals surface area contributed by atoms with Gasteiger partial charge >= 0.3 is 12.0 Å². The van der Waals surface area contributed by atoms with Gasteiger partial charge in [-0.25, -0.2) is 19.2 Å². The van der Waals surface area contributed by atoms with E-state index in [-0.39, 0.29) is 61.8 Å². The van der Waals surface area contributed by atoms with Crippen molar-refractivity contribution in [2.45, 2.75) is 45.6 Å². The van der Waals surface area contributed by atoms with E-state index >= 15 is 0 Å². The van der Waals surface area contributed by atoms with Gasteiger partial charge in [-0.15, -0.1) is 0 Å². The third-order valence-electron chi connectivity index (χ3n) is 6.98. The van der Waals surface area contributed by atoms with Crippen LogP contribution in [0.4, 0.5) is 15.0 Å². The minimum absolute atomic E-state index is 0.0101. The van der Waals surface area contributed by atoms with Crippen molar-refractivity contribution >= 4 is 52.4 Å². The highest BCUT2D eigenvalue weighted by molar-refractivity contribution is 6.30. The minimum atomic E-state index is -1.13.